The third kappa shape index (κ3) is 4.06. The molecule has 0 aliphatic heterocycles. The molecule has 0 spiro atoms. The van der Waals surface area contributed by atoms with Gasteiger partial charge < -0.3 is 25.7 Å². The molecule has 0 aliphatic carbocycles. The molecule has 0 aliphatic rings. The average Bonchev–Trinajstić information content (AvgIpc) is 2.80. The van der Waals surface area contributed by atoms with Gasteiger partial charge in [-0.25, -0.2) is 4.98 Å². The van der Waals surface area contributed by atoms with E-state index in [-0.39, 0.29) is 38.0 Å². The number of nitrogens with zero attached hydrogens (tertiary/aromatic N) is 3. The van der Waals surface area contributed by atoms with Crippen molar-refractivity contribution in [2.45, 2.75) is 13.3 Å². The summed E-state index contributed by atoms with van der Waals surface area (Å²) in [6, 6.07) is 0. The van der Waals surface area contributed by atoms with Gasteiger partial charge in [-0.3, -0.25) is 4.79 Å². The summed E-state index contributed by atoms with van der Waals surface area (Å²) in [5.74, 6) is -0.113. The SMILES string of the molecule is CCCN(C)c1nc(N)c(C(=O)N(CCO)CCO)s1. The van der Waals surface area contributed by atoms with Crippen LogP contribution in [0.2, 0.25) is 0 Å². The molecule has 0 radical (unpaired) electrons. The minimum absolute atomic E-state index is 0.160. The summed E-state index contributed by atoms with van der Waals surface area (Å²) < 4.78 is 0. The summed E-state index contributed by atoms with van der Waals surface area (Å²) >= 11 is 1.23. The van der Waals surface area contributed by atoms with Crippen LogP contribution in [-0.2, 0) is 0 Å². The van der Waals surface area contributed by atoms with Crippen LogP contribution in [0.5, 0.6) is 0 Å². The van der Waals surface area contributed by atoms with Gasteiger partial charge in [-0.1, -0.05) is 18.3 Å². The molecule has 4 N–H and O–H groups in total. The van der Waals surface area contributed by atoms with Crippen molar-refractivity contribution in [1.82, 2.24) is 9.88 Å². The number of rotatable bonds is 8. The van der Waals surface area contributed by atoms with Crippen LogP contribution < -0.4 is 10.6 Å². The number of amides is 1. The smallest absolute Gasteiger partial charge is 0.268 e. The van der Waals surface area contributed by atoms with Gasteiger partial charge in [0.15, 0.2) is 5.13 Å². The molecule has 1 heterocycles. The van der Waals surface area contributed by atoms with Crippen LogP contribution in [0.3, 0.4) is 0 Å². The van der Waals surface area contributed by atoms with Crippen molar-refractivity contribution in [2.75, 3.05) is 50.5 Å². The van der Waals surface area contributed by atoms with Gasteiger partial charge in [0.2, 0.25) is 0 Å². The minimum Gasteiger partial charge on any atom is -0.395 e. The predicted molar refractivity (Wildman–Crippen MR) is 80.2 cm³/mol. The lowest BCUT2D eigenvalue weighted by Crippen LogP contribution is -2.35. The Bertz CT molecular complexity index is 432. The molecule has 0 unspecified atom stereocenters. The Balaban J connectivity index is 2.91. The number of aliphatic hydroxyl groups excluding tert-OH is 2. The van der Waals surface area contributed by atoms with Crippen molar-refractivity contribution in [3.8, 4) is 0 Å². The predicted octanol–water partition coefficient (Wildman–Crippen LogP) is -0.00170. The normalized spacial score (nSPS) is 10.6. The van der Waals surface area contributed by atoms with E-state index in [9.17, 15) is 4.79 Å². The lowest BCUT2D eigenvalue weighted by Gasteiger charge is -2.19. The van der Waals surface area contributed by atoms with Crippen LogP contribution in [-0.4, -0.2) is 65.9 Å². The highest BCUT2D eigenvalue weighted by molar-refractivity contribution is 7.18. The molecular weight excluding hydrogens is 280 g/mol. The lowest BCUT2D eigenvalue weighted by molar-refractivity contribution is 0.0690. The Labute approximate surface area is 122 Å². The van der Waals surface area contributed by atoms with Crippen molar-refractivity contribution >= 4 is 28.2 Å². The maximum absolute atomic E-state index is 12.3. The molecule has 7 nitrogen and oxygen atoms in total. The number of carbonyl (C=O) groups is 1. The molecule has 0 fully saturated rings. The molecule has 8 heteroatoms. The molecule has 1 aromatic rings. The zero-order chi connectivity index (χ0) is 15.1. The summed E-state index contributed by atoms with van der Waals surface area (Å²) in [4.78, 5) is 20.2. The molecule has 1 aromatic heterocycles. The van der Waals surface area contributed by atoms with E-state index in [2.05, 4.69) is 11.9 Å². The van der Waals surface area contributed by atoms with Crippen LogP contribution in [0.4, 0.5) is 10.9 Å². The van der Waals surface area contributed by atoms with Crippen LogP contribution in [0, 0.1) is 0 Å². The van der Waals surface area contributed by atoms with E-state index in [1.165, 1.54) is 16.2 Å². The summed E-state index contributed by atoms with van der Waals surface area (Å²) in [7, 11) is 1.90. The number of hydrogen-bond donors (Lipinski definition) is 3. The first kappa shape index (κ1) is 16.7. The number of anilines is 2. The van der Waals surface area contributed by atoms with Crippen molar-refractivity contribution in [2.24, 2.45) is 0 Å². The Morgan fingerprint density at radius 3 is 2.40 bits per heavy atom. The number of aliphatic hydroxyl groups is 2. The maximum Gasteiger partial charge on any atom is 0.268 e. The third-order valence-corrected chi connectivity index (χ3v) is 3.92. The molecule has 0 saturated heterocycles. The van der Waals surface area contributed by atoms with Gasteiger partial charge in [0.25, 0.3) is 5.91 Å². The average molecular weight is 302 g/mol. The summed E-state index contributed by atoms with van der Waals surface area (Å²) in [6.45, 7) is 2.90. The summed E-state index contributed by atoms with van der Waals surface area (Å²) in [5.41, 5.74) is 5.81. The van der Waals surface area contributed by atoms with E-state index in [1.807, 2.05) is 11.9 Å². The zero-order valence-corrected chi connectivity index (χ0v) is 12.7. The standard InChI is InChI=1S/C12H22N4O3S/c1-3-4-15(2)12-14-10(13)9(20-12)11(19)16(5-7-17)6-8-18/h17-18H,3-8,13H2,1-2H3. The second kappa shape index (κ2) is 8.03. The van der Waals surface area contributed by atoms with Gasteiger partial charge in [-0.15, -0.1) is 0 Å². The van der Waals surface area contributed by atoms with E-state index in [0.29, 0.717) is 10.0 Å². The first-order valence-corrected chi connectivity index (χ1v) is 7.35. The van der Waals surface area contributed by atoms with Crippen LogP contribution in [0.1, 0.15) is 23.0 Å². The zero-order valence-electron chi connectivity index (χ0n) is 11.9. The second-order valence-electron chi connectivity index (χ2n) is 4.37. The fourth-order valence-electron chi connectivity index (χ4n) is 1.77. The van der Waals surface area contributed by atoms with Gasteiger partial charge in [0, 0.05) is 26.7 Å². The molecule has 0 aromatic carbocycles. The highest BCUT2D eigenvalue weighted by Gasteiger charge is 2.22. The van der Waals surface area contributed by atoms with E-state index < -0.39 is 0 Å². The van der Waals surface area contributed by atoms with Crippen LogP contribution >= 0.6 is 11.3 Å². The fourth-order valence-corrected chi connectivity index (χ4v) is 2.71. The Kier molecular flexibility index (Phi) is 6.69. The minimum atomic E-state index is -0.306. The number of nitrogens with two attached hydrogens (primary N) is 1. The molecule has 20 heavy (non-hydrogen) atoms. The number of aromatic nitrogens is 1. The van der Waals surface area contributed by atoms with Crippen LogP contribution in [0.25, 0.3) is 0 Å². The Hall–Kier alpha value is -1.38. The van der Waals surface area contributed by atoms with Gasteiger partial charge in [-0.05, 0) is 6.42 Å². The highest BCUT2D eigenvalue weighted by atomic mass is 32.1. The first-order valence-electron chi connectivity index (χ1n) is 6.53. The van der Waals surface area contributed by atoms with Gasteiger partial charge >= 0.3 is 0 Å². The van der Waals surface area contributed by atoms with Crippen molar-refractivity contribution in [3.05, 3.63) is 4.88 Å². The second-order valence-corrected chi connectivity index (χ2v) is 5.35. The molecule has 0 bridgehead atoms. The molecular formula is C12H22N4O3S. The molecule has 114 valence electrons. The summed E-state index contributed by atoms with van der Waals surface area (Å²) in [5, 5.41) is 18.6. The van der Waals surface area contributed by atoms with Gasteiger partial charge in [-0.2, -0.15) is 0 Å². The molecule has 0 saturated carbocycles. The quantitative estimate of drug-likeness (QED) is 0.624. The van der Waals surface area contributed by atoms with E-state index in [1.54, 1.807) is 0 Å². The van der Waals surface area contributed by atoms with Gasteiger partial charge in [0.05, 0.1) is 13.2 Å². The fraction of sp³-hybridized carbons (Fsp3) is 0.667. The lowest BCUT2D eigenvalue weighted by atomic mass is 10.4. The van der Waals surface area contributed by atoms with Crippen molar-refractivity contribution in [1.29, 1.82) is 0 Å². The molecule has 0 atom stereocenters. The van der Waals surface area contributed by atoms with E-state index in [0.717, 1.165) is 13.0 Å². The van der Waals surface area contributed by atoms with Gasteiger partial charge in [0.1, 0.15) is 10.7 Å². The number of hydrogen-bond acceptors (Lipinski definition) is 7. The van der Waals surface area contributed by atoms with Crippen LogP contribution in [0.15, 0.2) is 0 Å². The van der Waals surface area contributed by atoms with Crippen molar-refractivity contribution in [3.63, 3.8) is 0 Å². The number of thiazole rings is 1. The summed E-state index contributed by atoms with van der Waals surface area (Å²) in [6.07, 6.45) is 0.973. The molecule has 1 rings (SSSR count). The van der Waals surface area contributed by atoms with E-state index in [4.69, 9.17) is 15.9 Å². The first-order chi connectivity index (χ1) is 9.54. The Morgan fingerprint density at radius 2 is 1.90 bits per heavy atom. The van der Waals surface area contributed by atoms with E-state index >= 15 is 0 Å². The molecule has 1 amide bonds. The number of carbonyl (C=O) groups excluding carboxylic acids is 1. The Morgan fingerprint density at radius 1 is 1.30 bits per heavy atom. The monoisotopic (exact) mass is 302 g/mol. The van der Waals surface area contributed by atoms with Crippen molar-refractivity contribution < 1.29 is 15.0 Å². The maximum atomic E-state index is 12.3. The largest absolute Gasteiger partial charge is 0.395 e. The third-order valence-electron chi connectivity index (χ3n) is 2.75. The highest BCUT2D eigenvalue weighted by Crippen LogP contribution is 2.28. The number of nitrogen functional groups attached to an aromatic ring is 1. The topological polar surface area (TPSA) is 103 Å².